The van der Waals surface area contributed by atoms with Crippen LogP contribution in [0.15, 0.2) is 0 Å². The zero-order chi connectivity index (χ0) is 9.97. The Kier molecular flexibility index (Phi) is 3.29. The van der Waals surface area contributed by atoms with Crippen LogP contribution >= 0.6 is 11.6 Å². The summed E-state index contributed by atoms with van der Waals surface area (Å²) < 4.78 is 5.05. The predicted octanol–water partition coefficient (Wildman–Crippen LogP) is 1.11. The number of nitrogens with zero attached hydrogens (tertiary/aromatic N) is 1. The zero-order valence-electron chi connectivity index (χ0n) is 8.25. The molecule has 0 bridgehead atoms. The number of fused-ring (bicyclic) bond motifs is 1. The molecule has 2 rings (SSSR count). The molecule has 80 valence electrons. The van der Waals surface area contributed by atoms with Crippen molar-refractivity contribution in [2.24, 2.45) is 11.8 Å². The second-order valence-electron chi connectivity index (χ2n) is 4.12. The van der Waals surface area contributed by atoms with Crippen LogP contribution in [0.5, 0.6) is 0 Å². The predicted molar refractivity (Wildman–Crippen MR) is 54.3 cm³/mol. The minimum Gasteiger partial charge on any atom is -0.465 e. The third-order valence-electron chi connectivity index (χ3n) is 3.16. The maximum atomic E-state index is 11.4. The van der Waals surface area contributed by atoms with Crippen molar-refractivity contribution < 1.29 is 9.53 Å². The van der Waals surface area contributed by atoms with Gasteiger partial charge in [-0.2, -0.15) is 0 Å². The number of carbonyl (C=O) groups is 1. The number of halogens is 1. The van der Waals surface area contributed by atoms with Gasteiger partial charge in [0, 0.05) is 19.0 Å². The van der Waals surface area contributed by atoms with Gasteiger partial charge in [0.1, 0.15) is 0 Å². The van der Waals surface area contributed by atoms with E-state index in [9.17, 15) is 4.79 Å². The van der Waals surface area contributed by atoms with Crippen LogP contribution in [0.3, 0.4) is 0 Å². The van der Waals surface area contributed by atoms with Crippen LogP contribution in [0.1, 0.15) is 12.8 Å². The van der Waals surface area contributed by atoms with E-state index in [-0.39, 0.29) is 11.9 Å². The van der Waals surface area contributed by atoms with Gasteiger partial charge in [0.25, 0.3) is 0 Å². The molecular weight excluding hydrogens is 202 g/mol. The molecule has 2 fully saturated rings. The lowest BCUT2D eigenvalue weighted by Crippen LogP contribution is -2.31. The third kappa shape index (κ3) is 2.04. The van der Waals surface area contributed by atoms with Crippen LogP contribution in [-0.4, -0.2) is 43.0 Å². The first-order valence-electron chi connectivity index (χ1n) is 5.26. The third-order valence-corrected chi connectivity index (χ3v) is 3.43. The number of rotatable bonds is 3. The lowest BCUT2D eigenvalue weighted by Gasteiger charge is -2.22. The average Bonchev–Trinajstić information content (AvgIpc) is 2.59. The molecule has 3 nitrogen and oxygen atoms in total. The first-order valence-corrected chi connectivity index (χ1v) is 5.79. The highest BCUT2D eigenvalue weighted by atomic mass is 35.5. The Morgan fingerprint density at radius 3 is 3.07 bits per heavy atom. The van der Waals surface area contributed by atoms with E-state index in [1.165, 1.54) is 0 Å². The van der Waals surface area contributed by atoms with Gasteiger partial charge in [0.2, 0.25) is 0 Å². The minimum atomic E-state index is 0.00891. The number of hydrogen-bond donors (Lipinski definition) is 0. The second kappa shape index (κ2) is 4.49. The summed E-state index contributed by atoms with van der Waals surface area (Å²) in [5, 5.41) is 0. The molecule has 0 aromatic rings. The Labute approximate surface area is 89.4 Å². The van der Waals surface area contributed by atoms with Crippen molar-refractivity contribution in [1.82, 2.24) is 4.90 Å². The van der Waals surface area contributed by atoms with Gasteiger partial charge in [-0.25, -0.2) is 0 Å². The molecule has 2 aliphatic rings. The quantitative estimate of drug-likeness (QED) is 0.524. The Bertz CT molecular complexity index is 222. The number of ether oxygens (including phenoxy) is 1. The van der Waals surface area contributed by atoms with Crippen LogP contribution < -0.4 is 0 Å². The highest BCUT2D eigenvalue weighted by Crippen LogP contribution is 2.30. The van der Waals surface area contributed by atoms with Crippen molar-refractivity contribution in [3.05, 3.63) is 0 Å². The Morgan fingerprint density at radius 2 is 2.36 bits per heavy atom. The maximum Gasteiger partial charge on any atom is 0.310 e. The van der Waals surface area contributed by atoms with Crippen molar-refractivity contribution in [1.29, 1.82) is 0 Å². The van der Waals surface area contributed by atoms with E-state index in [1.54, 1.807) is 0 Å². The summed E-state index contributed by atoms with van der Waals surface area (Å²) in [6.45, 7) is 3.56. The molecule has 0 aliphatic carbocycles. The van der Waals surface area contributed by atoms with Gasteiger partial charge in [-0.15, -0.1) is 11.6 Å². The number of likely N-dealkylation sites (tertiary alicyclic amines) is 1. The molecule has 0 radical (unpaired) electrons. The van der Waals surface area contributed by atoms with Gasteiger partial charge in [-0.05, 0) is 25.3 Å². The van der Waals surface area contributed by atoms with Crippen LogP contribution in [0.2, 0.25) is 0 Å². The van der Waals surface area contributed by atoms with Gasteiger partial charge in [-0.1, -0.05) is 0 Å². The lowest BCUT2D eigenvalue weighted by atomic mass is 9.91. The van der Waals surface area contributed by atoms with Crippen molar-refractivity contribution in [2.45, 2.75) is 12.8 Å². The van der Waals surface area contributed by atoms with Gasteiger partial charge in [0.05, 0.1) is 12.5 Å². The maximum absolute atomic E-state index is 11.4. The summed E-state index contributed by atoms with van der Waals surface area (Å²) in [5.41, 5.74) is 0. The van der Waals surface area contributed by atoms with Gasteiger partial charge in [0.15, 0.2) is 0 Å². The van der Waals surface area contributed by atoms with E-state index in [4.69, 9.17) is 16.3 Å². The number of alkyl halides is 1. The molecule has 4 heteroatoms. The monoisotopic (exact) mass is 217 g/mol. The zero-order valence-corrected chi connectivity index (χ0v) is 9.00. The Balaban J connectivity index is 1.87. The van der Waals surface area contributed by atoms with Crippen LogP contribution in [0, 0.1) is 11.8 Å². The number of carbonyl (C=O) groups excluding carboxylic acids is 1. The van der Waals surface area contributed by atoms with E-state index in [0.29, 0.717) is 18.4 Å². The lowest BCUT2D eigenvalue weighted by molar-refractivity contribution is -0.154. The van der Waals surface area contributed by atoms with Crippen LogP contribution in [0.25, 0.3) is 0 Å². The molecule has 2 atom stereocenters. The first kappa shape index (κ1) is 10.2. The summed E-state index contributed by atoms with van der Waals surface area (Å²) in [6, 6.07) is 0. The van der Waals surface area contributed by atoms with Crippen molar-refractivity contribution in [3.63, 3.8) is 0 Å². The fourth-order valence-electron chi connectivity index (χ4n) is 2.40. The molecule has 2 saturated heterocycles. The van der Waals surface area contributed by atoms with E-state index in [1.807, 2.05) is 0 Å². The molecule has 0 unspecified atom stereocenters. The van der Waals surface area contributed by atoms with Crippen LogP contribution in [-0.2, 0) is 9.53 Å². The second-order valence-corrected chi connectivity index (χ2v) is 4.50. The van der Waals surface area contributed by atoms with Crippen molar-refractivity contribution >= 4 is 17.6 Å². The van der Waals surface area contributed by atoms with E-state index in [2.05, 4.69) is 4.90 Å². The minimum absolute atomic E-state index is 0.00891. The molecule has 14 heavy (non-hydrogen) atoms. The molecule has 0 spiro atoms. The first-order chi connectivity index (χ1) is 6.81. The number of hydrogen-bond acceptors (Lipinski definition) is 3. The molecule has 0 saturated carbocycles. The molecule has 0 aromatic heterocycles. The fraction of sp³-hybridized carbons (Fsp3) is 0.900. The van der Waals surface area contributed by atoms with E-state index >= 15 is 0 Å². The normalized spacial score (nSPS) is 32.8. The summed E-state index contributed by atoms with van der Waals surface area (Å²) in [4.78, 5) is 13.8. The Hall–Kier alpha value is -0.280. The molecular formula is C10H16ClNO2. The van der Waals surface area contributed by atoms with E-state index < -0.39 is 0 Å². The molecule has 0 amide bonds. The van der Waals surface area contributed by atoms with Crippen molar-refractivity contribution in [2.75, 3.05) is 32.1 Å². The van der Waals surface area contributed by atoms with Crippen molar-refractivity contribution in [3.8, 4) is 0 Å². The smallest absolute Gasteiger partial charge is 0.310 e. The molecule has 0 N–H and O–H groups in total. The van der Waals surface area contributed by atoms with Gasteiger partial charge < -0.3 is 9.64 Å². The number of esters is 1. The van der Waals surface area contributed by atoms with E-state index in [0.717, 1.165) is 32.5 Å². The van der Waals surface area contributed by atoms with Crippen LogP contribution in [0.4, 0.5) is 0 Å². The van der Waals surface area contributed by atoms with Gasteiger partial charge >= 0.3 is 5.97 Å². The largest absolute Gasteiger partial charge is 0.465 e. The molecule has 2 heterocycles. The fourth-order valence-corrected chi connectivity index (χ4v) is 2.52. The number of cyclic esters (lactones) is 1. The highest BCUT2D eigenvalue weighted by Gasteiger charge is 2.40. The summed E-state index contributed by atoms with van der Waals surface area (Å²) in [5.74, 6) is 1.39. The summed E-state index contributed by atoms with van der Waals surface area (Å²) in [7, 11) is 0. The highest BCUT2D eigenvalue weighted by molar-refractivity contribution is 6.17. The average molecular weight is 218 g/mol. The summed E-state index contributed by atoms with van der Waals surface area (Å²) in [6.07, 6.45) is 2.05. The molecule has 2 aliphatic heterocycles. The van der Waals surface area contributed by atoms with Gasteiger partial charge in [-0.3, -0.25) is 4.79 Å². The molecule has 0 aromatic carbocycles. The Morgan fingerprint density at radius 1 is 1.50 bits per heavy atom. The SMILES string of the molecule is O=C1OCC[C@H]2CN(CCCCl)C[C@@H]12. The summed E-state index contributed by atoms with van der Waals surface area (Å²) >= 11 is 5.64. The topological polar surface area (TPSA) is 29.5 Å². The standard InChI is InChI=1S/C10H16ClNO2/c11-3-1-4-12-6-8-2-5-14-10(13)9(8)7-12/h8-9H,1-7H2/t8-,9+/m0/s1.